The molecule has 5 nitrogen and oxygen atoms in total. The minimum atomic E-state index is -0.410. The highest BCUT2D eigenvalue weighted by atomic mass is 16.5. The maximum atomic E-state index is 11.8. The number of carbonyl (C=O) groups is 1. The number of ether oxygens (including phenoxy) is 1. The van der Waals surface area contributed by atoms with Crippen LogP contribution in [0, 0.1) is 6.92 Å². The summed E-state index contributed by atoms with van der Waals surface area (Å²) in [6, 6.07) is 9.32. The van der Waals surface area contributed by atoms with E-state index in [9.17, 15) is 4.79 Å². The Morgan fingerprint density at radius 3 is 2.68 bits per heavy atom. The first-order valence-corrected chi connectivity index (χ1v) is 7.02. The van der Waals surface area contributed by atoms with Gasteiger partial charge < -0.3 is 15.8 Å². The molecule has 0 amide bonds. The van der Waals surface area contributed by atoms with E-state index in [1.807, 2.05) is 37.3 Å². The van der Waals surface area contributed by atoms with Gasteiger partial charge in [-0.25, -0.2) is 4.79 Å². The molecule has 0 atom stereocenters. The quantitative estimate of drug-likeness (QED) is 0.504. The van der Waals surface area contributed by atoms with E-state index in [-0.39, 0.29) is 0 Å². The maximum Gasteiger partial charge on any atom is 0.332 e. The van der Waals surface area contributed by atoms with Crippen LogP contribution in [0.5, 0.6) is 0 Å². The predicted octanol–water partition coefficient (Wildman–Crippen LogP) is 2.99. The Balaban J connectivity index is 2.34. The Kier molecular flexibility index (Phi) is 5.14. The zero-order valence-corrected chi connectivity index (χ0v) is 12.7. The van der Waals surface area contributed by atoms with Gasteiger partial charge in [-0.05, 0) is 43.7 Å². The molecule has 3 N–H and O–H groups in total. The Labute approximate surface area is 129 Å². The van der Waals surface area contributed by atoms with Crippen LogP contribution in [0.4, 0.5) is 11.4 Å². The van der Waals surface area contributed by atoms with Crippen LogP contribution in [0.3, 0.4) is 0 Å². The molecule has 114 valence electrons. The molecular weight excluding hydrogens is 278 g/mol. The summed E-state index contributed by atoms with van der Waals surface area (Å²) in [5, 5.41) is 3.19. The number of nitrogens with two attached hydrogens (primary N) is 1. The van der Waals surface area contributed by atoms with Crippen molar-refractivity contribution >= 4 is 23.0 Å². The molecule has 1 heterocycles. The molecule has 2 aromatic rings. The summed E-state index contributed by atoms with van der Waals surface area (Å²) >= 11 is 0. The number of nitrogens with zero attached hydrogens (tertiary/aromatic N) is 1. The lowest BCUT2D eigenvalue weighted by molar-refractivity contribution is -0.137. The molecule has 0 saturated carbocycles. The Bertz CT molecular complexity index is 682. The zero-order valence-electron chi connectivity index (χ0n) is 12.7. The van der Waals surface area contributed by atoms with Crippen LogP contribution in [0.15, 0.2) is 48.8 Å². The Morgan fingerprint density at radius 1 is 1.32 bits per heavy atom. The van der Waals surface area contributed by atoms with Gasteiger partial charge in [-0.2, -0.15) is 0 Å². The van der Waals surface area contributed by atoms with E-state index < -0.39 is 5.97 Å². The molecule has 5 heteroatoms. The van der Waals surface area contributed by atoms with Crippen LogP contribution in [-0.4, -0.2) is 17.6 Å². The number of carbonyl (C=O) groups excluding carboxylic acids is 1. The van der Waals surface area contributed by atoms with Crippen molar-refractivity contribution in [3.8, 4) is 0 Å². The number of esters is 1. The van der Waals surface area contributed by atoms with Crippen LogP contribution in [0.25, 0.3) is 5.70 Å². The molecular formula is C17H19N3O2. The lowest BCUT2D eigenvalue weighted by atomic mass is 10.1. The van der Waals surface area contributed by atoms with Gasteiger partial charge in [0.1, 0.15) is 0 Å². The fraction of sp³-hybridized carbons (Fsp3) is 0.176. The maximum absolute atomic E-state index is 11.8. The SMILES string of the molecule is CCOC(=O)/C=C(/Nc1ccc(C)cc1N)c1ccncc1. The molecule has 0 bridgehead atoms. The third kappa shape index (κ3) is 4.09. The van der Waals surface area contributed by atoms with Crippen molar-refractivity contribution in [1.82, 2.24) is 4.98 Å². The van der Waals surface area contributed by atoms with E-state index in [1.54, 1.807) is 19.3 Å². The van der Waals surface area contributed by atoms with Gasteiger partial charge in [-0.1, -0.05) is 6.07 Å². The lowest BCUT2D eigenvalue weighted by Crippen LogP contribution is -2.07. The van der Waals surface area contributed by atoms with Gasteiger partial charge in [0.15, 0.2) is 0 Å². The van der Waals surface area contributed by atoms with Crippen LogP contribution in [0.2, 0.25) is 0 Å². The number of nitrogen functional groups attached to an aromatic ring is 1. The number of nitrogens with one attached hydrogen (secondary N) is 1. The van der Waals surface area contributed by atoms with Crippen LogP contribution >= 0.6 is 0 Å². The van der Waals surface area contributed by atoms with Crippen LogP contribution in [0.1, 0.15) is 18.1 Å². The normalized spacial score (nSPS) is 11.1. The largest absolute Gasteiger partial charge is 0.463 e. The lowest BCUT2D eigenvalue weighted by Gasteiger charge is -2.13. The van der Waals surface area contributed by atoms with Gasteiger partial charge in [-0.3, -0.25) is 4.98 Å². The van der Waals surface area contributed by atoms with Crippen molar-refractivity contribution in [3.63, 3.8) is 0 Å². The summed E-state index contributed by atoms with van der Waals surface area (Å²) in [4.78, 5) is 15.8. The molecule has 1 aromatic heterocycles. The Hall–Kier alpha value is -2.82. The third-order valence-corrected chi connectivity index (χ3v) is 3.02. The minimum Gasteiger partial charge on any atom is -0.463 e. The molecule has 0 fully saturated rings. The highest BCUT2D eigenvalue weighted by molar-refractivity contribution is 5.95. The second kappa shape index (κ2) is 7.26. The number of benzene rings is 1. The number of hydrogen-bond donors (Lipinski definition) is 2. The van der Waals surface area contributed by atoms with Crippen molar-refractivity contribution < 1.29 is 9.53 Å². The smallest absolute Gasteiger partial charge is 0.332 e. The topological polar surface area (TPSA) is 77.2 Å². The van der Waals surface area contributed by atoms with Gasteiger partial charge in [0.2, 0.25) is 0 Å². The molecule has 0 aliphatic carbocycles. The average molecular weight is 297 g/mol. The first-order valence-electron chi connectivity index (χ1n) is 7.02. The number of aryl methyl sites for hydroxylation is 1. The second-order valence-corrected chi connectivity index (χ2v) is 4.76. The molecule has 0 radical (unpaired) electrons. The van der Waals surface area contributed by atoms with Crippen molar-refractivity contribution in [2.75, 3.05) is 17.7 Å². The second-order valence-electron chi connectivity index (χ2n) is 4.76. The number of rotatable bonds is 5. The van der Waals surface area contributed by atoms with E-state index in [0.29, 0.717) is 18.0 Å². The summed E-state index contributed by atoms with van der Waals surface area (Å²) in [5.41, 5.74) is 9.87. The number of anilines is 2. The van der Waals surface area contributed by atoms with Gasteiger partial charge in [0, 0.05) is 24.0 Å². The third-order valence-electron chi connectivity index (χ3n) is 3.02. The molecule has 0 aliphatic heterocycles. The first kappa shape index (κ1) is 15.6. The van der Waals surface area contributed by atoms with Crippen LogP contribution < -0.4 is 11.1 Å². The number of aromatic nitrogens is 1. The standard InChI is InChI=1S/C17H19N3O2/c1-3-22-17(21)11-16(13-6-8-19-9-7-13)20-15-5-4-12(2)10-14(15)18/h4-11,20H,3,18H2,1-2H3/b16-11+. The van der Waals surface area contributed by atoms with Gasteiger partial charge in [-0.15, -0.1) is 0 Å². The highest BCUT2D eigenvalue weighted by Crippen LogP contribution is 2.24. The van der Waals surface area contributed by atoms with Crippen LogP contribution in [-0.2, 0) is 9.53 Å². The molecule has 0 spiro atoms. The first-order chi connectivity index (χ1) is 10.6. The van der Waals surface area contributed by atoms with Crippen molar-refractivity contribution in [1.29, 1.82) is 0 Å². The molecule has 1 aromatic carbocycles. The Morgan fingerprint density at radius 2 is 2.05 bits per heavy atom. The van der Waals surface area contributed by atoms with E-state index in [0.717, 1.165) is 16.8 Å². The predicted molar refractivity (Wildman–Crippen MR) is 88.1 cm³/mol. The van der Waals surface area contributed by atoms with E-state index in [2.05, 4.69) is 10.3 Å². The van der Waals surface area contributed by atoms with Gasteiger partial charge in [0.05, 0.1) is 23.7 Å². The van der Waals surface area contributed by atoms with Gasteiger partial charge in [0.25, 0.3) is 0 Å². The van der Waals surface area contributed by atoms with E-state index in [1.165, 1.54) is 6.08 Å². The molecule has 0 aliphatic rings. The van der Waals surface area contributed by atoms with Crippen molar-refractivity contribution in [2.45, 2.75) is 13.8 Å². The van der Waals surface area contributed by atoms with E-state index in [4.69, 9.17) is 10.5 Å². The molecule has 0 unspecified atom stereocenters. The zero-order chi connectivity index (χ0) is 15.9. The summed E-state index contributed by atoms with van der Waals surface area (Å²) in [6.45, 7) is 4.06. The fourth-order valence-electron chi connectivity index (χ4n) is 1.97. The van der Waals surface area contributed by atoms with Crippen molar-refractivity contribution in [2.24, 2.45) is 0 Å². The van der Waals surface area contributed by atoms with Crippen molar-refractivity contribution in [3.05, 3.63) is 59.9 Å². The molecule has 2 rings (SSSR count). The summed E-state index contributed by atoms with van der Waals surface area (Å²) < 4.78 is 4.98. The minimum absolute atomic E-state index is 0.325. The summed E-state index contributed by atoms with van der Waals surface area (Å²) in [5.74, 6) is -0.410. The molecule has 0 saturated heterocycles. The fourth-order valence-corrected chi connectivity index (χ4v) is 1.97. The van der Waals surface area contributed by atoms with E-state index >= 15 is 0 Å². The molecule has 22 heavy (non-hydrogen) atoms. The number of pyridine rings is 1. The number of hydrogen-bond acceptors (Lipinski definition) is 5. The summed E-state index contributed by atoms with van der Waals surface area (Å²) in [6.07, 6.45) is 4.74. The van der Waals surface area contributed by atoms with Gasteiger partial charge >= 0.3 is 5.97 Å². The average Bonchev–Trinajstić information content (AvgIpc) is 2.50. The summed E-state index contributed by atoms with van der Waals surface area (Å²) in [7, 11) is 0. The monoisotopic (exact) mass is 297 g/mol. The highest BCUT2D eigenvalue weighted by Gasteiger charge is 2.08.